The number of carbonyl (C=O) groups is 3. The van der Waals surface area contributed by atoms with Crippen LogP contribution in [0.25, 0.3) is 0 Å². The molecule has 0 aliphatic carbocycles. The zero-order valence-electron chi connectivity index (χ0n) is 17.2. The van der Waals surface area contributed by atoms with Gasteiger partial charge in [-0.05, 0) is 56.5 Å². The lowest BCUT2D eigenvalue weighted by atomic mass is 10.1. The summed E-state index contributed by atoms with van der Waals surface area (Å²) in [4.78, 5) is 42.3. The first-order valence-electron chi connectivity index (χ1n) is 9.73. The van der Waals surface area contributed by atoms with E-state index in [9.17, 15) is 14.4 Å². The van der Waals surface area contributed by atoms with Crippen LogP contribution in [0.3, 0.4) is 0 Å². The second-order valence-corrected chi connectivity index (χ2v) is 9.12. The minimum atomic E-state index is -0.752. The molecule has 11 nitrogen and oxygen atoms in total. The summed E-state index contributed by atoms with van der Waals surface area (Å²) in [7, 11) is 0. The van der Waals surface area contributed by atoms with Crippen LogP contribution in [0, 0.1) is 0 Å². The van der Waals surface area contributed by atoms with Gasteiger partial charge in [-0.25, -0.2) is 14.4 Å². The number of rotatable bonds is 9. The van der Waals surface area contributed by atoms with Crippen LogP contribution in [-0.2, 0) is 28.6 Å². The van der Waals surface area contributed by atoms with E-state index in [1.807, 2.05) is 6.92 Å². The van der Waals surface area contributed by atoms with Crippen LogP contribution in [0.1, 0.15) is 26.7 Å². The molecule has 0 aromatic rings. The fourth-order valence-corrected chi connectivity index (χ4v) is 3.17. The maximum atomic E-state index is 12.1. The van der Waals surface area contributed by atoms with Crippen LogP contribution in [-0.4, -0.2) is 73.4 Å². The fourth-order valence-electron chi connectivity index (χ4n) is 2.78. The Hall–Kier alpha value is -2.15. The van der Waals surface area contributed by atoms with Gasteiger partial charge in [0.15, 0.2) is 5.76 Å². The Kier molecular flexibility index (Phi) is 10.2. The van der Waals surface area contributed by atoms with Gasteiger partial charge in [0.2, 0.25) is 6.61 Å². The van der Waals surface area contributed by atoms with E-state index in [0.29, 0.717) is 54.8 Å². The zero-order chi connectivity index (χ0) is 22.8. The Morgan fingerprint density at radius 2 is 1.94 bits per heavy atom. The Labute approximate surface area is 196 Å². The van der Waals surface area contributed by atoms with Crippen molar-refractivity contribution in [3.05, 3.63) is 20.8 Å². The summed E-state index contributed by atoms with van der Waals surface area (Å²) < 4.78 is 15.9. The number of allylic oxidation sites excluding steroid dienone is 1. The first-order valence-corrected chi connectivity index (χ1v) is 11.3. The van der Waals surface area contributed by atoms with Crippen LogP contribution in [0.4, 0.5) is 4.79 Å². The standard InChI is InChI=1S/C18H24Br2N4O7/c1-3-5-13(12-10-14(16(19)20)31-17(12)26)30-15(25)11-29-22-21-24-8-6-23(7-9-24)18(27)28-4-2/h10,13H,3-9,11H2,1-2H3/b22-21+. The largest absolute Gasteiger partial charge is 0.455 e. The molecule has 2 heterocycles. The number of ether oxygens (including phenoxy) is 3. The molecule has 13 heteroatoms. The van der Waals surface area contributed by atoms with Crippen molar-refractivity contribution in [1.29, 1.82) is 0 Å². The third-order valence-electron chi connectivity index (χ3n) is 4.27. The fraction of sp³-hybridized carbons (Fsp3) is 0.611. The third-order valence-corrected chi connectivity index (χ3v) is 5.05. The Balaban J connectivity index is 1.78. The van der Waals surface area contributed by atoms with Crippen LogP contribution >= 0.6 is 31.9 Å². The normalized spacial score (nSPS) is 17.4. The monoisotopic (exact) mass is 566 g/mol. The highest BCUT2D eigenvalue weighted by atomic mass is 79.9. The van der Waals surface area contributed by atoms with Crippen LogP contribution < -0.4 is 0 Å². The molecule has 1 unspecified atom stereocenters. The first-order chi connectivity index (χ1) is 14.8. The molecule has 0 N–H and O–H groups in total. The van der Waals surface area contributed by atoms with E-state index in [1.165, 1.54) is 6.08 Å². The molecular formula is C18H24Br2N4O7. The number of esters is 2. The molecule has 0 aromatic carbocycles. The van der Waals surface area contributed by atoms with Gasteiger partial charge in [0.1, 0.15) is 9.50 Å². The molecule has 0 aromatic heterocycles. The average Bonchev–Trinajstić information content (AvgIpc) is 3.13. The SMILES string of the molecule is CCCC(OC(=O)CO/N=N/N1CCN(C(=O)OCC)CC1)C1=CC(=C(Br)Br)OC1=O. The highest BCUT2D eigenvalue weighted by Crippen LogP contribution is 2.30. The second kappa shape index (κ2) is 12.6. The minimum Gasteiger partial charge on any atom is -0.455 e. The van der Waals surface area contributed by atoms with E-state index in [2.05, 4.69) is 42.4 Å². The number of hydrogen-bond acceptors (Lipinski definition) is 9. The predicted octanol–water partition coefficient (Wildman–Crippen LogP) is 3.21. The maximum Gasteiger partial charge on any atom is 0.409 e. The van der Waals surface area contributed by atoms with Gasteiger partial charge in [-0.2, -0.15) is 0 Å². The van der Waals surface area contributed by atoms with E-state index < -0.39 is 24.6 Å². The summed E-state index contributed by atoms with van der Waals surface area (Å²) in [6.45, 7) is 5.35. The first kappa shape index (κ1) is 25.1. The Morgan fingerprint density at radius 1 is 1.23 bits per heavy atom. The van der Waals surface area contributed by atoms with Crippen molar-refractivity contribution in [2.45, 2.75) is 32.8 Å². The number of hydrogen-bond donors (Lipinski definition) is 0. The van der Waals surface area contributed by atoms with Crippen molar-refractivity contribution in [3.63, 3.8) is 0 Å². The predicted molar refractivity (Wildman–Crippen MR) is 115 cm³/mol. The maximum absolute atomic E-state index is 12.1. The number of nitrogens with zero attached hydrogens (tertiary/aromatic N) is 4. The summed E-state index contributed by atoms with van der Waals surface area (Å²) in [5.41, 5.74) is 0.252. The van der Waals surface area contributed by atoms with Crippen molar-refractivity contribution in [2.24, 2.45) is 10.5 Å². The lowest BCUT2D eigenvalue weighted by Crippen LogP contribution is -2.46. The smallest absolute Gasteiger partial charge is 0.409 e. The number of amides is 1. The van der Waals surface area contributed by atoms with Gasteiger partial charge in [0.25, 0.3) is 0 Å². The highest BCUT2D eigenvalue weighted by molar-refractivity contribution is 9.28. The third kappa shape index (κ3) is 7.80. The zero-order valence-corrected chi connectivity index (χ0v) is 20.4. The van der Waals surface area contributed by atoms with E-state index in [-0.39, 0.29) is 11.7 Å². The highest BCUT2D eigenvalue weighted by Gasteiger charge is 2.32. The molecule has 1 fully saturated rings. The molecule has 0 saturated carbocycles. The summed E-state index contributed by atoms with van der Waals surface area (Å²) >= 11 is 6.36. The van der Waals surface area contributed by atoms with E-state index in [0.717, 1.165) is 0 Å². The summed E-state index contributed by atoms with van der Waals surface area (Å²) in [6, 6.07) is 0. The molecule has 2 aliphatic heterocycles. The molecule has 1 saturated heterocycles. The van der Waals surface area contributed by atoms with Gasteiger partial charge >= 0.3 is 18.0 Å². The van der Waals surface area contributed by atoms with Crippen molar-refractivity contribution in [1.82, 2.24) is 9.91 Å². The van der Waals surface area contributed by atoms with Crippen LogP contribution in [0.2, 0.25) is 0 Å². The number of cyclic esters (lactones) is 1. The molecule has 1 atom stereocenters. The second-order valence-electron chi connectivity index (χ2n) is 6.47. The van der Waals surface area contributed by atoms with Crippen molar-refractivity contribution in [2.75, 3.05) is 39.4 Å². The van der Waals surface area contributed by atoms with Crippen LogP contribution in [0.15, 0.2) is 31.3 Å². The molecule has 0 bridgehead atoms. The van der Waals surface area contributed by atoms with Gasteiger partial charge in [-0.3, -0.25) is 5.01 Å². The van der Waals surface area contributed by atoms with Gasteiger partial charge in [0.05, 0.1) is 25.3 Å². The lowest BCUT2D eigenvalue weighted by Gasteiger charge is -2.31. The molecular weight excluding hydrogens is 544 g/mol. The van der Waals surface area contributed by atoms with Gasteiger partial charge < -0.3 is 23.9 Å². The topological polar surface area (TPSA) is 119 Å². The van der Waals surface area contributed by atoms with Crippen molar-refractivity contribution < 1.29 is 33.4 Å². The molecule has 2 rings (SSSR count). The van der Waals surface area contributed by atoms with Crippen molar-refractivity contribution in [3.8, 4) is 0 Å². The van der Waals surface area contributed by atoms with Gasteiger partial charge in [-0.1, -0.05) is 13.3 Å². The van der Waals surface area contributed by atoms with Gasteiger partial charge in [-0.15, -0.1) is 0 Å². The van der Waals surface area contributed by atoms with E-state index in [4.69, 9.17) is 19.0 Å². The molecule has 172 valence electrons. The van der Waals surface area contributed by atoms with Crippen molar-refractivity contribution >= 4 is 49.9 Å². The molecule has 1 amide bonds. The summed E-state index contributed by atoms with van der Waals surface area (Å²) in [5.74, 6) is -0.945. The number of halogens is 2. The molecule has 2 aliphatic rings. The molecule has 31 heavy (non-hydrogen) atoms. The van der Waals surface area contributed by atoms with E-state index >= 15 is 0 Å². The average molecular weight is 568 g/mol. The quantitative estimate of drug-likeness (QED) is 0.180. The summed E-state index contributed by atoms with van der Waals surface area (Å²) in [6.07, 6.45) is 1.55. The van der Waals surface area contributed by atoms with Crippen LogP contribution in [0.5, 0.6) is 0 Å². The Bertz CT molecular complexity index is 760. The minimum absolute atomic E-state index is 0.252. The molecule has 0 radical (unpaired) electrons. The molecule has 0 spiro atoms. The lowest BCUT2D eigenvalue weighted by molar-refractivity contribution is -0.154. The Morgan fingerprint density at radius 3 is 2.52 bits per heavy atom. The van der Waals surface area contributed by atoms with Gasteiger partial charge in [0, 0.05) is 18.4 Å². The number of carbonyl (C=O) groups excluding carboxylic acids is 3. The van der Waals surface area contributed by atoms with E-state index in [1.54, 1.807) is 16.8 Å². The summed E-state index contributed by atoms with van der Waals surface area (Å²) in [5, 5.41) is 9.03. The number of piperazine rings is 1.